The van der Waals surface area contributed by atoms with E-state index in [1.807, 2.05) is 5.32 Å². The number of hydrogen-bond donors (Lipinski definition) is 3. The van der Waals surface area contributed by atoms with E-state index in [1.165, 1.54) is 0 Å². The summed E-state index contributed by atoms with van der Waals surface area (Å²) in [5.74, 6) is -0.514. The minimum Gasteiger partial charge on any atom is -0.351 e. The number of hydrogen-bond acceptors (Lipinski definition) is 3. The Kier molecular flexibility index (Phi) is 3.69. The Labute approximate surface area is 71.5 Å². The first-order valence-electron chi connectivity index (χ1n) is 3.86. The number of imide groups is 1. The van der Waals surface area contributed by atoms with Crippen molar-refractivity contribution in [3.05, 3.63) is 0 Å². The Balaban J connectivity index is 4.32. The monoisotopic (exact) mass is 173 g/mol. The lowest BCUT2D eigenvalue weighted by Crippen LogP contribution is -2.55. The largest absolute Gasteiger partial charge is 0.351 e. The van der Waals surface area contributed by atoms with Crippen LogP contribution in [0.15, 0.2) is 0 Å². The lowest BCUT2D eigenvalue weighted by atomic mass is 9.93. The minimum absolute atomic E-state index is 0.475. The van der Waals surface area contributed by atoms with Gasteiger partial charge in [-0.15, -0.1) is 0 Å². The molecular formula is C7H15N3O2. The highest BCUT2D eigenvalue weighted by molar-refractivity contribution is 5.98. The molecule has 0 heterocycles. The number of nitrogens with one attached hydrogen (secondary N) is 1. The normalized spacial score (nSPS) is 10.9. The fraction of sp³-hybridized carbons (Fsp3) is 0.714. The van der Waals surface area contributed by atoms with Gasteiger partial charge in [0.1, 0.15) is 0 Å². The predicted octanol–water partition coefficient (Wildman–Crippen LogP) is -0.301. The standard InChI is InChI=1S/C7H15N3O2/c1-3-7(9,4-2)5(11)10-6(8)12/h3-4,9H2,1-2H3,(H3,8,10,11,12). The average molecular weight is 173 g/mol. The van der Waals surface area contributed by atoms with Crippen LogP contribution < -0.4 is 16.8 Å². The molecule has 0 aromatic carbocycles. The fourth-order valence-corrected chi connectivity index (χ4v) is 0.807. The number of primary amides is 1. The molecule has 0 unspecified atom stereocenters. The molecule has 5 N–H and O–H groups in total. The van der Waals surface area contributed by atoms with Crippen molar-refractivity contribution < 1.29 is 9.59 Å². The van der Waals surface area contributed by atoms with E-state index < -0.39 is 17.5 Å². The molecule has 0 rings (SSSR count). The van der Waals surface area contributed by atoms with Crippen molar-refractivity contribution in [3.8, 4) is 0 Å². The van der Waals surface area contributed by atoms with Gasteiger partial charge in [-0.05, 0) is 12.8 Å². The lowest BCUT2D eigenvalue weighted by Gasteiger charge is -2.23. The summed E-state index contributed by atoms with van der Waals surface area (Å²) in [5.41, 5.74) is 9.46. The number of nitrogens with two attached hydrogens (primary N) is 2. The van der Waals surface area contributed by atoms with Gasteiger partial charge in [-0.2, -0.15) is 0 Å². The van der Waals surface area contributed by atoms with Crippen LogP contribution in [-0.2, 0) is 4.79 Å². The third-order valence-corrected chi connectivity index (χ3v) is 1.95. The second-order valence-corrected chi connectivity index (χ2v) is 2.68. The van der Waals surface area contributed by atoms with Gasteiger partial charge in [0.25, 0.3) is 0 Å². The van der Waals surface area contributed by atoms with Gasteiger partial charge in [0.2, 0.25) is 5.91 Å². The van der Waals surface area contributed by atoms with Gasteiger partial charge >= 0.3 is 6.03 Å². The quantitative estimate of drug-likeness (QED) is 0.546. The number of amides is 3. The Hall–Kier alpha value is -1.10. The topological polar surface area (TPSA) is 98.2 Å². The van der Waals surface area contributed by atoms with Crippen LogP contribution in [0.4, 0.5) is 4.79 Å². The van der Waals surface area contributed by atoms with Gasteiger partial charge in [0, 0.05) is 0 Å². The molecule has 0 atom stereocenters. The van der Waals surface area contributed by atoms with Crippen molar-refractivity contribution in [2.75, 3.05) is 0 Å². The number of urea groups is 1. The zero-order valence-electron chi connectivity index (χ0n) is 7.39. The summed E-state index contributed by atoms with van der Waals surface area (Å²) in [6.07, 6.45) is 0.950. The van der Waals surface area contributed by atoms with Gasteiger partial charge in [-0.1, -0.05) is 13.8 Å². The van der Waals surface area contributed by atoms with Crippen molar-refractivity contribution in [1.29, 1.82) is 0 Å². The molecule has 0 aliphatic carbocycles. The van der Waals surface area contributed by atoms with Gasteiger partial charge in [0.05, 0.1) is 5.54 Å². The zero-order chi connectivity index (χ0) is 9.78. The van der Waals surface area contributed by atoms with Gasteiger partial charge in [-0.3, -0.25) is 10.1 Å². The van der Waals surface area contributed by atoms with E-state index in [-0.39, 0.29) is 0 Å². The summed E-state index contributed by atoms with van der Waals surface area (Å²) in [6, 6.07) is -0.864. The highest BCUT2D eigenvalue weighted by Crippen LogP contribution is 2.10. The average Bonchev–Trinajstić information content (AvgIpc) is 2.02. The molecule has 0 aromatic heterocycles. The summed E-state index contributed by atoms with van der Waals surface area (Å²) in [7, 11) is 0. The summed E-state index contributed by atoms with van der Waals surface area (Å²) in [6.45, 7) is 3.56. The molecule has 0 aliphatic heterocycles. The Bertz CT molecular complexity index is 187. The molecule has 5 nitrogen and oxygen atoms in total. The summed E-state index contributed by atoms with van der Waals surface area (Å²) >= 11 is 0. The molecule has 0 saturated heterocycles. The molecule has 0 aliphatic rings. The maximum atomic E-state index is 11.2. The predicted molar refractivity (Wildman–Crippen MR) is 45.2 cm³/mol. The SMILES string of the molecule is CCC(N)(CC)C(=O)NC(N)=O. The molecule has 0 bridgehead atoms. The highest BCUT2D eigenvalue weighted by Gasteiger charge is 2.30. The fourth-order valence-electron chi connectivity index (χ4n) is 0.807. The lowest BCUT2D eigenvalue weighted by molar-refractivity contribution is -0.125. The summed E-state index contributed by atoms with van der Waals surface area (Å²) in [5, 5.41) is 1.96. The molecule has 70 valence electrons. The first kappa shape index (κ1) is 10.9. The second kappa shape index (κ2) is 4.06. The zero-order valence-corrected chi connectivity index (χ0v) is 7.39. The maximum absolute atomic E-state index is 11.2. The van der Waals surface area contributed by atoms with E-state index in [2.05, 4.69) is 0 Å². The van der Waals surface area contributed by atoms with Crippen molar-refractivity contribution >= 4 is 11.9 Å². The second-order valence-electron chi connectivity index (χ2n) is 2.68. The van der Waals surface area contributed by atoms with Crippen LogP contribution in [0.2, 0.25) is 0 Å². The maximum Gasteiger partial charge on any atom is 0.318 e. The molecule has 0 radical (unpaired) electrons. The van der Waals surface area contributed by atoms with Crippen molar-refractivity contribution in [2.24, 2.45) is 11.5 Å². The molecular weight excluding hydrogens is 158 g/mol. The van der Waals surface area contributed by atoms with Crippen molar-refractivity contribution in [1.82, 2.24) is 5.32 Å². The molecule has 3 amide bonds. The first-order chi connectivity index (χ1) is 5.46. The van der Waals surface area contributed by atoms with Crippen molar-refractivity contribution in [2.45, 2.75) is 32.2 Å². The molecule has 0 saturated carbocycles. The van der Waals surface area contributed by atoms with Crippen LogP contribution in [0.3, 0.4) is 0 Å². The molecule has 5 heteroatoms. The van der Waals surface area contributed by atoms with E-state index in [1.54, 1.807) is 13.8 Å². The van der Waals surface area contributed by atoms with E-state index in [4.69, 9.17) is 11.5 Å². The van der Waals surface area contributed by atoms with Gasteiger partial charge in [0.15, 0.2) is 0 Å². The van der Waals surface area contributed by atoms with Crippen molar-refractivity contribution in [3.63, 3.8) is 0 Å². The van der Waals surface area contributed by atoms with E-state index in [9.17, 15) is 9.59 Å². The van der Waals surface area contributed by atoms with Crippen LogP contribution in [0.5, 0.6) is 0 Å². The molecule has 0 spiro atoms. The number of carbonyl (C=O) groups is 2. The minimum atomic E-state index is -0.977. The molecule has 0 fully saturated rings. The molecule has 0 aromatic rings. The summed E-state index contributed by atoms with van der Waals surface area (Å²) in [4.78, 5) is 21.5. The number of rotatable bonds is 3. The number of carbonyl (C=O) groups excluding carboxylic acids is 2. The Morgan fingerprint density at radius 2 is 1.75 bits per heavy atom. The Morgan fingerprint density at radius 3 is 2.00 bits per heavy atom. The van der Waals surface area contributed by atoms with Crippen LogP contribution in [0, 0.1) is 0 Å². The van der Waals surface area contributed by atoms with Crippen LogP contribution in [-0.4, -0.2) is 17.5 Å². The van der Waals surface area contributed by atoms with Crippen LogP contribution in [0.25, 0.3) is 0 Å². The third kappa shape index (κ3) is 2.50. The van der Waals surface area contributed by atoms with E-state index in [0.717, 1.165) is 0 Å². The van der Waals surface area contributed by atoms with Gasteiger partial charge in [-0.25, -0.2) is 4.79 Å². The first-order valence-corrected chi connectivity index (χ1v) is 3.86. The van der Waals surface area contributed by atoms with Crippen LogP contribution in [0.1, 0.15) is 26.7 Å². The summed E-state index contributed by atoms with van der Waals surface area (Å²) < 4.78 is 0. The van der Waals surface area contributed by atoms with Crippen LogP contribution >= 0.6 is 0 Å². The van der Waals surface area contributed by atoms with E-state index >= 15 is 0 Å². The highest BCUT2D eigenvalue weighted by atomic mass is 16.2. The Morgan fingerprint density at radius 1 is 1.33 bits per heavy atom. The third-order valence-electron chi connectivity index (χ3n) is 1.95. The van der Waals surface area contributed by atoms with Gasteiger partial charge < -0.3 is 11.5 Å². The smallest absolute Gasteiger partial charge is 0.318 e. The molecule has 12 heavy (non-hydrogen) atoms. The van der Waals surface area contributed by atoms with E-state index in [0.29, 0.717) is 12.8 Å².